The maximum atomic E-state index is 13.1. The largest absolute Gasteiger partial charge is 0.413 e. The highest BCUT2D eigenvalue weighted by molar-refractivity contribution is 6.30. The molecule has 1 aliphatic rings. The van der Waals surface area contributed by atoms with Gasteiger partial charge < -0.3 is 10.6 Å². The summed E-state index contributed by atoms with van der Waals surface area (Å²) in [6.07, 6.45) is 4.30. The quantitative estimate of drug-likeness (QED) is 0.542. The van der Waals surface area contributed by atoms with Crippen molar-refractivity contribution in [1.82, 2.24) is 9.88 Å². The first-order valence-corrected chi connectivity index (χ1v) is 11.7. The molecule has 0 aliphatic heterocycles. The Bertz CT molecular complexity index is 1210. The van der Waals surface area contributed by atoms with E-state index in [1.807, 2.05) is 56.4 Å². The highest BCUT2D eigenvalue weighted by Gasteiger charge is 2.28. The molecule has 1 aromatic heterocycles. The van der Waals surface area contributed by atoms with Gasteiger partial charge in [0.25, 0.3) is 5.91 Å². The highest BCUT2D eigenvalue weighted by Crippen LogP contribution is 2.27. The summed E-state index contributed by atoms with van der Waals surface area (Å²) < 4.78 is 0.114. The molecule has 0 saturated carbocycles. The second kappa shape index (κ2) is 9.57. The summed E-state index contributed by atoms with van der Waals surface area (Å²) in [5, 5.41) is 0.684. The maximum absolute atomic E-state index is 13.1. The number of amides is 3. The van der Waals surface area contributed by atoms with E-state index in [4.69, 9.17) is 17.3 Å². The maximum Gasteiger partial charge on any atom is 0.413 e. The van der Waals surface area contributed by atoms with Crippen LogP contribution in [0.2, 0.25) is 5.02 Å². The third-order valence-corrected chi connectivity index (χ3v) is 6.93. The molecule has 1 atom stereocenters. The van der Waals surface area contributed by atoms with Crippen molar-refractivity contribution in [3.05, 3.63) is 88.2 Å². The van der Waals surface area contributed by atoms with Crippen molar-refractivity contribution < 1.29 is 14.1 Å². The molecule has 176 valence electrons. The predicted octanol–water partition coefficient (Wildman–Crippen LogP) is 4.69. The Morgan fingerprint density at radius 3 is 2.41 bits per heavy atom. The Hall–Kier alpha value is -3.22. The molecule has 3 amide bonds. The summed E-state index contributed by atoms with van der Waals surface area (Å²) >= 11 is 5.97. The van der Waals surface area contributed by atoms with Gasteiger partial charge >= 0.3 is 6.03 Å². The summed E-state index contributed by atoms with van der Waals surface area (Å²) in [6, 6.07) is 17.4. The number of hydrogen-bond acceptors (Lipinski definition) is 3. The van der Waals surface area contributed by atoms with Gasteiger partial charge in [-0.1, -0.05) is 41.9 Å². The van der Waals surface area contributed by atoms with E-state index in [-0.39, 0.29) is 22.5 Å². The molecule has 4 rings (SSSR count). The normalized spacial score (nSPS) is 15.5. The molecule has 0 fully saturated rings. The number of carbonyl (C=O) groups excluding carboxylic acids is 2. The Morgan fingerprint density at radius 1 is 1.06 bits per heavy atom. The molecule has 0 bridgehead atoms. The number of fused-ring (bicyclic) bond motifs is 1. The molecule has 0 saturated heterocycles. The van der Waals surface area contributed by atoms with Crippen LogP contribution in [-0.4, -0.2) is 53.5 Å². The SMILES string of the molecule is CN(C(=O)c1ccc(-c2ccc(Cl)cc2)cn1)C1CCc2cc(C[N+](C)(C)C(N)=O)ccc2C1. The average Bonchev–Trinajstić information content (AvgIpc) is 2.83. The minimum Gasteiger partial charge on any atom is -0.337 e. The van der Waals surface area contributed by atoms with Crippen molar-refractivity contribution in [2.75, 3.05) is 21.1 Å². The number of quaternary nitrogens is 1. The lowest BCUT2D eigenvalue weighted by molar-refractivity contribution is -0.821. The fraction of sp³-hybridized carbons (Fsp3) is 0.296. The Labute approximate surface area is 205 Å². The molecule has 2 aromatic carbocycles. The van der Waals surface area contributed by atoms with Crippen LogP contribution in [0.4, 0.5) is 4.79 Å². The van der Waals surface area contributed by atoms with Crippen LogP contribution in [0.3, 0.4) is 0 Å². The lowest BCUT2D eigenvalue weighted by Crippen LogP contribution is -2.48. The first-order valence-electron chi connectivity index (χ1n) is 11.4. The third-order valence-electron chi connectivity index (χ3n) is 6.68. The number of likely N-dealkylation sites (N-methyl/N-ethyl adjacent to an activating group) is 1. The van der Waals surface area contributed by atoms with E-state index in [1.165, 1.54) is 11.1 Å². The Morgan fingerprint density at radius 2 is 1.76 bits per heavy atom. The van der Waals surface area contributed by atoms with E-state index >= 15 is 0 Å². The number of nitrogens with two attached hydrogens (primary N) is 1. The molecular formula is C27H30ClN4O2+. The molecule has 6 nitrogen and oxygen atoms in total. The van der Waals surface area contributed by atoms with Crippen LogP contribution in [0.1, 0.15) is 33.6 Å². The van der Waals surface area contributed by atoms with Crippen molar-refractivity contribution in [2.24, 2.45) is 5.73 Å². The minimum absolute atomic E-state index is 0.0757. The van der Waals surface area contributed by atoms with E-state index in [1.54, 1.807) is 12.3 Å². The van der Waals surface area contributed by atoms with Gasteiger partial charge in [-0.2, -0.15) is 0 Å². The summed E-state index contributed by atoms with van der Waals surface area (Å²) in [5.74, 6) is -0.0757. The van der Waals surface area contributed by atoms with Crippen LogP contribution in [0.25, 0.3) is 11.1 Å². The highest BCUT2D eigenvalue weighted by atomic mass is 35.5. The zero-order valence-corrected chi connectivity index (χ0v) is 20.5. The van der Waals surface area contributed by atoms with Gasteiger partial charge in [0.1, 0.15) is 12.2 Å². The summed E-state index contributed by atoms with van der Waals surface area (Å²) in [5.41, 5.74) is 11.5. The summed E-state index contributed by atoms with van der Waals surface area (Å²) in [4.78, 5) is 31.0. The second-order valence-corrected chi connectivity index (χ2v) is 9.97. The van der Waals surface area contributed by atoms with Crippen molar-refractivity contribution in [3.63, 3.8) is 0 Å². The van der Waals surface area contributed by atoms with Crippen molar-refractivity contribution >= 4 is 23.5 Å². The van der Waals surface area contributed by atoms with Gasteiger partial charge in [-0.3, -0.25) is 9.78 Å². The van der Waals surface area contributed by atoms with Crippen LogP contribution in [-0.2, 0) is 19.4 Å². The molecule has 1 aliphatic carbocycles. The van der Waals surface area contributed by atoms with Crippen LogP contribution in [0.15, 0.2) is 60.8 Å². The number of rotatable bonds is 5. The lowest BCUT2D eigenvalue weighted by Gasteiger charge is -2.33. The molecular weight excluding hydrogens is 448 g/mol. The first-order chi connectivity index (χ1) is 16.1. The van der Waals surface area contributed by atoms with Crippen LogP contribution >= 0.6 is 11.6 Å². The molecule has 34 heavy (non-hydrogen) atoms. The van der Waals surface area contributed by atoms with Crippen molar-refractivity contribution in [1.29, 1.82) is 0 Å². The molecule has 0 spiro atoms. The third kappa shape index (κ3) is 5.13. The standard InChI is InChI=1S/C27H29ClN4O2/c1-31(26(33)25-13-9-22(16-30-25)19-6-10-23(28)11-7-19)24-12-8-20-14-18(4-5-21(20)15-24)17-32(2,3)27(29)34/h4-7,9-11,13-14,16,24H,8,12,15,17H2,1-3H3,(H-,29,34)/p+1. The molecule has 1 heterocycles. The number of pyridine rings is 1. The van der Waals surface area contributed by atoms with Gasteiger partial charge in [0, 0.05) is 35.4 Å². The van der Waals surface area contributed by atoms with Crippen molar-refractivity contribution in [3.8, 4) is 11.1 Å². The molecule has 1 unspecified atom stereocenters. The van der Waals surface area contributed by atoms with E-state index < -0.39 is 0 Å². The molecule has 3 aromatic rings. The molecule has 0 radical (unpaired) electrons. The Kier molecular flexibility index (Phi) is 6.73. The van der Waals surface area contributed by atoms with E-state index in [9.17, 15) is 9.59 Å². The zero-order chi connectivity index (χ0) is 24.5. The smallest absolute Gasteiger partial charge is 0.337 e. The van der Waals surface area contributed by atoms with Crippen LogP contribution in [0, 0.1) is 0 Å². The fourth-order valence-electron chi connectivity index (χ4n) is 4.43. The van der Waals surface area contributed by atoms with Crippen LogP contribution in [0.5, 0.6) is 0 Å². The number of primary amides is 1. The van der Waals surface area contributed by atoms with E-state index in [2.05, 4.69) is 23.2 Å². The zero-order valence-electron chi connectivity index (χ0n) is 19.8. The predicted molar refractivity (Wildman–Crippen MR) is 134 cm³/mol. The average molecular weight is 478 g/mol. The number of aromatic nitrogens is 1. The Balaban J connectivity index is 1.43. The van der Waals surface area contributed by atoms with E-state index in [0.717, 1.165) is 36.0 Å². The number of halogens is 1. The number of aryl methyl sites for hydroxylation is 1. The number of urea groups is 1. The minimum atomic E-state index is -0.354. The monoisotopic (exact) mass is 477 g/mol. The summed E-state index contributed by atoms with van der Waals surface area (Å²) in [7, 11) is 5.48. The lowest BCUT2D eigenvalue weighted by atomic mass is 9.86. The first kappa shape index (κ1) is 23.9. The van der Waals surface area contributed by atoms with Gasteiger partial charge in [0.05, 0.1) is 14.1 Å². The van der Waals surface area contributed by atoms with Crippen molar-refractivity contribution in [2.45, 2.75) is 31.8 Å². The number of benzene rings is 2. The summed E-state index contributed by atoms with van der Waals surface area (Å²) in [6.45, 7) is 0.558. The van der Waals surface area contributed by atoms with Gasteiger partial charge in [-0.25, -0.2) is 9.28 Å². The van der Waals surface area contributed by atoms with Crippen LogP contribution < -0.4 is 5.73 Å². The number of hydrogen-bond donors (Lipinski definition) is 1. The number of carbonyl (C=O) groups is 2. The van der Waals surface area contributed by atoms with Gasteiger partial charge in [-0.15, -0.1) is 0 Å². The fourth-order valence-corrected chi connectivity index (χ4v) is 4.56. The topological polar surface area (TPSA) is 76.3 Å². The van der Waals surface area contributed by atoms with E-state index in [0.29, 0.717) is 17.3 Å². The van der Waals surface area contributed by atoms with Gasteiger partial charge in [-0.05, 0) is 60.2 Å². The van der Waals surface area contributed by atoms with Gasteiger partial charge in [0.2, 0.25) is 0 Å². The second-order valence-electron chi connectivity index (χ2n) is 9.54. The molecule has 7 heteroatoms. The van der Waals surface area contributed by atoms with Gasteiger partial charge in [0.15, 0.2) is 0 Å². The number of nitrogens with zero attached hydrogens (tertiary/aromatic N) is 3. The molecule has 2 N–H and O–H groups in total.